The zero-order chi connectivity index (χ0) is 18.4. The highest BCUT2D eigenvalue weighted by Crippen LogP contribution is 2.20. The lowest BCUT2D eigenvalue weighted by atomic mass is 10.1. The molecule has 0 aliphatic heterocycles. The average Bonchev–Trinajstić information content (AvgIpc) is 3.11. The van der Waals surface area contributed by atoms with E-state index in [1.165, 1.54) is 17.7 Å². The van der Waals surface area contributed by atoms with Crippen molar-refractivity contribution in [1.82, 2.24) is 15.6 Å². The number of hydrogen-bond acceptors (Lipinski definition) is 3. The minimum absolute atomic E-state index is 0.254. The van der Waals surface area contributed by atoms with Crippen LogP contribution in [-0.2, 0) is 13.1 Å². The first-order valence-corrected chi connectivity index (χ1v) is 8.35. The standard InChI is InChI=1S/C20H21FN4O/c1-14-6-8-16(9-7-14)18-12-23-19(26-18)13-25-20(22-2)24-11-15-4-3-5-17(21)10-15/h3-10,12H,11,13H2,1-2H3,(H2,22,24,25). The van der Waals surface area contributed by atoms with Gasteiger partial charge in [-0.1, -0.05) is 42.0 Å². The normalized spacial score (nSPS) is 11.4. The molecule has 0 spiro atoms. The number of aliphatic imine (C=N–C) groups is 1. The lowest BCUT2D eigenvalue weighted by Crippen LogP contribution is -2.36. The number of aromatic nitrogens is 1. The number of nitrogens with zero attached hydrogens (tertiary/aromatic N) is 2. The average molecular weight is 352 g/mol. The molecule has 0 radical (unpaired) electrons. The van der Waals surface area contributed by atoms with Crippen LogP contribution in [0.4, 0.5) is 4.39 Å². The van der Waals surface area contributed by atoms with Gasteiger partial charge >= 0.3 is 0 Å². The van der Waals surface area contributed by atoms with E-state index in [1.54, 1.807) is 19.3 Å². The van der Waals surface area contributed by atoms with Crippen LogP contribution in [0.2, 0.25) is 0 Å². The van der Waals surface area contributed by atoms with E-state index in [-0.39, 0.29) is 5.82 Å². The Hall–Kier alpha value is -3.15. The minimum atomic E-state index is -0.254. The largest absolute Gasteiger partial charge is 0.439 e. The summed E-state index contributed by atoms with van der Waals surface area (Å²) in [6, 6.07) is 14.5. The van der Waals surface area contributed by atoms with Crippen molar-refractivity contribution in [2.24, 2.45) is 4.99 Å². The molecule has 0 amide bonds. The first kappa shape index (κ1) is 17.7. The third kappa shape index (κ3) is 4.69. The molecule has 5 nitrogen and oxygen atoms in total. The summed E-state index contributed by atoms with van der Waals surface area (Å²) in [6.07, 6.45) is 1.71. The predicted octanol–water partition coefficient (Wildman–Crippen LogP) is 3.65. The number of oxazole rings is 1. The van der Waals surface area contributed by atoms with Gasteiger partial charge in [0.25, 0.3) is 0 Å². The van der Waals surface area contributed by atoms with E-state index in [0.717, 1.165) is 16.9 Å². The molecule has 0 unspecified atom stereocenters. The maximum Gasteiger partial charge on any atom is 0.214 e. The van der Waals surface area contributed by atoms with Gasteiger partial charge in [-0.3, -0.25) is 4.99 Å². The van der Waals surface area contributed by atoms with Crippen molar-refractivity contribution in [1.29, 1.82) is 0 Å². The highest BCUT2D eigenvalue weighted by molar-refractivity contribution is 5.79. The second-order valence-electron chi connectivity index (χ2n) is 5.89. The number of halogens is 1. The summed E-state index contributed by atoms with van der Waals surface area (Å²) in [5.41, 5.74) is 3.03. The summed E-state index contributed by atoms with van der Waals surface area (Å²) in [5, 5.41) is 6.26. The molecule has 6 heteroatoms. The second-order valence-corrected chi connectivity index (χ2v) is 5.89. The molecular weight excluding hydrogens is 331 g/mol. The summed E-state index contributed by atoms with van der Waals surface area (Å²) in [5.74, 6) is 1.62. The third-order valence-electron chi connectivity index (χ3n) is 3.87. The number of nitrogens with one attached hydrogen (secondary N) is 2. The predicted molar refractivity (Wildman–Crippen MR) is 100 cm³/mol. The molecule has 0 aliphatic rings. The molecule has 3 rings (SSSR count). The Bertz CT molecular complexity index is 887. The van der Waals surface area contributed by atoms with Crippen molar-refractivity contribution < 1.29 is 8.81 Å². The number of rotatable bonds is 5. The van der Waals surface area contributed by atoms with Gasteiger partial charge in [0.1, 0.15) is 5.82 Å². The maximum atomic E-state index is 13.2. The fourth-order valence-electron chi connectivity index (χ4n) is 2.46. The summed E-state index contributed by atoms with van der Waals surface area (Å²) in [6.45, 7) is 2.91. The molecule has 0 aliphatic carbocycles. The van der Waals surface area contributed by atoms with Gasteiger partial charge < -0.3 is 15.1 Å². The van der Waals surface area contributed by atoms with Crippen LogP contribution in [0.3, 0.4) is 0 Å². The molecule has 0 saturated heterocycles. The topological polar surface area (TPSA) is 62.5 Å². The molecule has 1 heterocycles. The summed E-state index contributed by atoms with van der Waals surface area (Å²) in [7, 11) is 1.67. The first-order chi connectivity index (χ1) is 12.6. The van der Waals surface area contributed by atoms with Crippen molar-refractivity contribution in [3.05, 3.63) is 77.6 Å². The van der Waals surface area contributed by atoms with Gasteiger partial charge in [-0.2, -0.15) is 0 Å². The van der Waals surface area contributed by atoms with Crippen molar-refractivity contribution in [3.63, 3.8) is 0 Å². The Kier molecular flexibility index (Phi) is 5.63. The van der Waals surface area contributed by atoms with Crippen LogP contribution < -0.4 is 10.6 Å². The molecule has 134 valence electrons. The van der Waals surface area contributed by atoms with E-state index in [4.69, 9.17) is 4.42 Å². The summed E-state index contributed by atoms with van der Waals surface area (Å²) >= 11 is 0. The van der Waals surface area contributed by atoms with Gasteiger partial charge in [0.05, 0.1) is 12.7 Å². The molecular formula is C20H21FN4O. The van der Waals surface area contributed by atoms with Crippen LogP contribution in [0, 0.1) is 12.7 Å². The van der Waals surface area contributed by atoms with E-state index in [0.29, 0.717) is 24.9 Å². The smallest absolute Gasteiger partial charge is 0.214 e. The highest BCUT2D eigenvalue weighted by Gasteiger charge is 2.07. The fourth-order valence-corrected chi connectivity index (χ4v) is 2.46. The van der Waals surface area contributed by atoms with Crippen molar-refractivity contribution >= 4 is 5.96 Å². The van der Waals surface area contributed by atoms with Crippen LogP contribution in [0.25, 0.3) is 11.3 Å². The van der Waals surface area contributed by atoms with Gasteiger partial charge in [0.2, 0.25) is 5.89 Å². The van der Waals surface area contributed by atoms with Crippen molar-refractivity contribution in [2.75, 3.05) is 7.05 Å². The van der Waals surface area contributed by atoms with Gasteiger partial charge in [0.15, 0.2) is 11.7 Å². The van der Waals surface area contributed by atoms with E-state index in [2.05, 4.69) is 20.6 Å². The van der Waals surface area contributed by atoms with E-state index < -0.39 is 0 Å². The van der Waals surface area contributed by atoms with Crippen LogP contribution in [0.15, 0.2) is 64.1 Å². The molecule has 0 fully saturated rings. The van der Waals surface area contributed by atoms with Crippen LogP contribution in [-0.4, -0.2) is 18.0 Å². The Balaban J connectivity index is 1.55. The minimum Gasteiger partial charge on any atom is -0.439 e. The van der Waals surface area contributed by atoms with E-state index in [1.807, 2.05) is 37.3 Å². The number of benzene rings is 2. The van der Waals surface area contributed by atoms with Gasteiger partial charge in [0, 0.05) is 19.2 Å². The third-order valence-corrected chi connectivity index (χ3v) is 3.87. The molecule has 3 aromatic rings. The molecule has 0 saturated carbocycles. The Morgan fingerprint density at radius 3 is 2.62 bits per heavy atom. The van der Waals surface area contributed by atoms with Crippen LogP contribution >= 0.6 is 0 Å². The zero-order valence-corrected chi connectivity index (χ0v) is 14.8. The quantitative estimate of drug-likeness (QED) is 0.543. The molecule has 2 N–H and O–H groups in total. The van der Waals surface area contributed by atoms with E-state index in [9.17, 15) is 4.39 Å². The number of hydrogen-bond donors (Lipinski definition) is 2. The molecule has 1 aromatic heterocycles. The fraction of sp³-hybridized carbons (Fsp3) is 0.200. The van der Waals surface area contributed by atoms with E-state index >= 15 is 0 Å². The molecule has 0 atom stereocenters. The van der Waals surface area contributed by atoms with Gasteiger partial charge in [-0.05, 0) is 24.6 Å². The van der Waals surface area contributed by atoms with Gasteiger partial charge in [-0.25, -0.2) is 9.37 Å². The molecule has 26 heavy (non-hydrogen) atoms. The Morgan fingerprint density at radius 1 is 1.12 bits per heavy atom. The Morgan fingerprint density at radius 2 is 1.88 bits per heavy atom. The second kappa shape index (κ2) is 8.29. The number of aryl methyl sites for hydroxylation is 1. The highest BCUT2D eigenvalue weighted by atomic mass is 19.1. The lowest BCUT2D eigenvalue weighted by Gasteiger charge is -2.10. The van der Waals surface area contributed by atoms with Crippen molar-refractivity contribution in [3.8, 4) is 11.3 Å². The monoisotopic (exact) mass is 352 g/mol. The lowest BCUT2D eigenvalue weighted by molar-refractivity contribution is 0.497. The Labute approximate surface area is 152 Å². The zero-order valence-electron chi connectivity index (χ0n) is 14.8. The van der Waals surface area contributed by atoms with Crippen LogP contribution in [0.5, 0.6) is 0 Å². The SMILES string of the molecule is CN=C(NCc1cccc(F)c1)NCc1ncc(-c2ccc(C)cc2)o1. The molecule has 2 aromatic carbocycles. The first-order valence-electron chi connectivity index (χ1n) is 8.35. The summed E-state index contributed by atoms with van der Waals surface area (Å²) < 4.78 is 19.0. The number of guanidine groups is 1. The molecule has 0 bridgehead atoms. The summed E-state index contributed by atoms with van der Waals surface area (Å²) in [4.78, 5) is 8.44. The van der Waals surface area contributed by atoms with Crippen LogP contribution in [0.1, 0.15) is 17.0 Å². The van der Waals surface area contributed by atoms with Crippen molar-refractivity contribution in [2.45, 2.75) is 20.0 Å². The van der Waals surface area contributed by atoms with Gasteiger partial charge in [-0.15, -0.1) is 0 Å². The maximum absolute atomic E-state index is 13.2.